The standard InChI is InChI=1S/C11H11ClN4/c12-8-3-5-9(6-4-8)16-11-10(14-15-16)2-1-7-13-11/h3-6,13H,1-2,7H2. The first-order valence-corrected chi connectivity index (χ1v) is 5.67. The highest BCUT2D eigenvalue weighted by Crippen LogP contribution is 2.23. The average molecular weight is 235 g/mol. The summed E-state index contributed by atoms with van der Waals surface area (Å²) >= 11 is 5.86. The molecule has 82 valence electrons. The molecule has 2 aromatic rings. The van der Waals surface area contributed by atoms with E-state index in [0.717, 1.165) is 41.6 Å². The number of aromatic nitrogens is 3. The van der Waals surface area contributed by atoms with Gasteiger partial charge >= 0.3 is 0 Å². The summed E-state index contributed by atoms with van der Waals surface area (Å²) in [6, 6.07) is 7.59. The number of rotatable bonds is 1. The SMILES string of the molecule is Clc1ccc(-n2nnc3c2NCCC3)cc1. The Bertz CT molecular complexity index is 503. The second-order valence-electron chi connectivity index (χ2n) is 3.80. The van der Waals surface area contributed by atoms with Gasteiger partial charge in [0.05, 0.1) is 5.69 Å². The predicted octanol–water partition coefficient (Wildman–Crippen LogP) is 2.28. The van der Waals surface area contributed by atoms with E-state index in [1.54, 1.807) is 0 Å². The van der Waals surface area contributed by atoms with E-state index in [1.807, 2.05) is 28.9 Å². The molecule has 0 spiro atoms. The van der Waals surface area contributed by atoms with Gasteiger partial charge in [-0.2, -0.15) is 4.68 Å². The van der Waals surface area contributed by atoms with Gasteiger partial charge in [-0.1, -0.05) is 16.8 Å². The van der Waals surface area contributed by atoms with E-state index in [-0.39, 0.29) is 0 Å². The zero-order valence-electron chi connectivity index (χ0n) is 8.65. The van der Waals surface area contributed by atoms with Crippen LogP contribution in [0.1, 0.15) is 12.1 Å². The summed E-state index contributed by atoms with van der Waals surface area (Å²) in [6.45, 7) is 0.980. The first-order valence-electron chi connectivity index (χ1n) is 5.29. The molecule has 0 fully saturated rings. The van der Waals surface area contributed by atoms with Crippen molar-refractivity contribution in [3.8, 4) is 5.69 Å². The minimum absolute atomic E-state index is 0.727. The lowest BCUT2D eigenvalue weighted by Gasteiger charge is -2.14. The zero-order chi connectivity index (χ0) is 11.0. The topological polar surface area (TPSA) is 42.7 Å². The molecule has 1 aromatic heterocycles. The molecule has 2 heterocycles. The van der Waals surface area contributed by atoms with Crippen molar-refractivity contribution in [2.75, 3.05) is 11.9 Å². The number of nitrogens with one attached hydrogen (secondary N) is 1. The maximum atomic E-state index is 5.86. The van der Waals surface area contributed by atoms with Gasteiger partial charge < -0.3 is 5.32 Å². The van der Waals surface area contributed by atoms with Crippen molar-refractivity contribution in [2.45, 2.75) is 12.8 Å². The Morgan fingerprint density at radius 2 is 2.06 bits per heavy atom. The molecule has 1 aliphatic heterocycles. The maximum absolute atomic E-state index is 5.86. The molecule has 0 saturated carbocycles. The lowest BCUT2D eigenvalue weighted by atomic mass is 10.2. The molecule has 0 unspecified atom stereocenters. The summed E-state index contributed by atoms with van der Waals surface area (Å²) in [4.78, 5) is 0. The van der Waals surface area contributed by atoms with Gasteiger partial charge in [0.15, 0.2) is 5.82 Å². The van der Waals surface area contributed by atoms with Gasteiger partial charge in [0, 0.05) is 11.6 Å². The summed E-state index contributed by atoms with van der Waals surface area (Å²) < 4.78 is 1.82. The van der Waals surface area contributed by atoms with Crippen LogP contribution in [0.5, 0.6) is 0 Å². The maximum Gasteiger partial charge on any atom is 0.153 e. The minimum atomic E-state index is 0.727. The molecule has 1 aliphatic rings. The van der Waals surface area contributed by atoms with E-state index in [0.29, 0.717) is 0 Å². The van der Waals surface area contributed by atoms with E-state index in [2.05, 4.69) is 15.6 Å². The molecule has 0 bridgehead atoms. The Morgan fingerprint density at radius 1 is 1.25 bits per heavy atom. The molecule has 0 aliphatic carbocycles. The van der Waals surface area contributed by atoms with Crippen LogP contribution in [0.15, 0.2) is 24.3 Å². The van der Waals surface area contributed by atoms with E-state index in [1.165, 1.54) is 0 Å². The molecule has 5 heteroatoms. The molecular formula is C11H11ClN4. The Labute approximate surface area is 98.2 Å². The van der Waals surface area contributed by atoms with Crippen LogP contribution in [0.3, 0.4) is 0 Å². The molecule has 0 amide bonds. The van der Waals surface area contributed by atoms with Crippen LogP contribution in [0.4, 0.5) is 5.82 Å². The molecule has 4 nitrogen and oxygen atoms in total. The van der Waals surface area contributed by atoms with E-state index < -0.39 is 0 Å². The second-order valence-corrected chi connectivity index (χ2v) is 4.24. The number of nitrogens with zero attached hydrogens (tertiary/aromatic N) is 3. The van der Waals surface area contributed by atoms with Crippen molar-refractivity contribution in [1.29, 1.82) is 0 Å². The largest absolute Gasteiger partial charge is 0.368 e. The first-order chi connectivity index (χ1) is 7.84. The quantitative estimate of drug-likeness (QED) is 0.823. The van der Waals surface area contributed by atoms with Gasteiger partial charge in [0.25, 0.3) is 0 Å². The Hall–Kier alpha value is -1.55. The van der Waals surface area contributed by atoms with Crippen LogP contribution in [0.25, 0.3) is 5.69 Å². The predicted molar refractivity (Wildman–Crippen MR) is 63.2 cm³/mol. The van der Waals surface area contributed by atoms with Crippen molar-refractivity contribution in [3.05, 3.63) is 35.0 Å². The summed E-state index contributed by atoms with van der Waals surface area (Å²) in [7, 11) is 0. The number of hydrogen-bond donors (Lipinski definition) is 1. The van der Waals surface area contributed by atoms with Crippen LogP contribution < -0.4 is 5.32 Å². The third-order valence-electron chi connectivity index (χ3n) is 2.69. The molecule has 0 saturated heterocycles. The molecule has 16 heavy (non-hydrogen) atoms. The van der Waals surface area contributed by atoms with Gasteiger partial charge in [0.1, 0.15) is 5.69 Å². The van der Waals surface area contributed by atoms with Gasteiger partial charge in [0.2, 0.25) is 0 Å². The highest BCUT2D eigenvalue weighted by atomic mass is 35.5. The van der Waals surface area contributed by atoms with Gasteiger partial charge in [-0.15, -0.1) is 5.10 Å². The van der Waals surface area contributed by atoms with Crippen LogP contribution in [-0.2, 0) is 6.42 Å². The third kappa shape index (κ3) is 1.55. The number of anilines is 1. The number of fused-ring (bicyclic) bond motifs is 1. The van der Waals surface area contributed by atoms with Crippen LogP contribution >= 0.6 is 11.6 Å². The summed E-state index contributed by atoms with van der Waals surface area (Å²) in [5, 5.41) is 12.4. The normalized spacial score (nSPS) is 14.3. The monoisotopic (exact) mass is 234 g/mol. The number of benzene rings is 1. The van der Waals surface area contributed by atoms with Crippen molar-refractivity contribution < 1.29 is 0 Å². The second kappa shape index (κ2) is 3.79. The number of aryl methyl sites for hydroxylation is 1. The van der Waals surface area contributed by atoms with Crippen LogP contribution in [0.2, 0.25) is 5.02 Å². The third-order valence-corrected chi connectivity index (χ3v) is 2.95. The Balaban J connectivity index is 2.06. The van der Waals surface area contributed by atoms with E-state index in [9.17, 15) is 0 Å². The molecule has 1 N–H and O–H groups in total. The Kier molecular flexibility index (Phi) is 2.29. The van der Waals surface area contributed by atoms with Gasteiger partial charge in [-0.05, 0) is 37.1 Å². The molecule has 0 radical (unpaired) electrons. The fourth-order valence-corrected chi connectivity index (χ4v) is 2.01. The fraction of sp³-hybridized carbons (Fsp3) is 0.273. The number of hydrogen-bond acceptors (Lipinski definition) is 3. The molecular weight excluding hydrogens is 224 g/mol. The van der Waals surface area contributed by atoms with Crippen LogP contribution in [0, 0.1) is 0 Å². The molecule has 1 aromatic carbocycles. The highest BCUT2D eigenvalue weighted by molar-refractivity contribution is 6.30. The summed E-state index contributed by atoms with van der Waals surface area (Å²) in [6.07, 6.45) is 2.11. The molecule has 3 rings (SSSR count). The zero-order valence-corrected chi connectivity index (χ0v) is 9.41. The summed E-state index contributed by atoms with van der Waals surface area (Å²) in [5.74, 6) is 1.01. The number of halogens is 1. The van der Waals surface area contributed by atoms with Crippen molar-refractivity contribution in [3.63, 3.8) is 0 Å². The average Bonchev–Trinajstić information content (AvgIpc) is 2.74. The lowest BCUT2D eigenvalue weighted by molar-refractivity contribution is 0.799. The lowest BCUT2D eigenvalue weighted by Crippen LogP contribution is -2.14. The summed E-state index contributed by atoms with van der Waals surface area (Å²) in [5.41, 5.74) is 2.02. The van der Waals surface area contributed by atoms with Crippen LogP contribution in [-0.4, -0.2) is 21.5 Å². The van der Waals surface area contributed by atoms with Crippen molar-refractivity contribution >= 4 is 17.4 Å². The minimum Gasteiger partial charge on any atom is -0.368 e. The Morgan fingerprint density at radius 3 is 2.88 bits per heavy atom. The van der Waals surface area contributed by atoms with E-state index in [4.69, 9.17) is 11.6 Å². The van der Waals surface area contributed by atoms with Crippen molar-refractivity contribution in [2.24, 2.45) is 0 Å². The highest BCUT2D eigenvalue weighted by Gasteiger charge is 2.16. The first kappa shape index (κ1) is 9.66. The van der Waals surface area contributed by atoms with Gasteiger partial charge in [-0.25, -0.2) is 0 Å². The van der Waals surface area contributed by atoms with Gasteiger partial charge in [-0.3, -0.25) is 0 Å². The van der Waals surface area contributed by atoms with Crippen molar-refractivity contribution in [1.82, 2.24) is 15.0 Å². The van der Waals surface area contributed by atoms with E-state index >= 15 is 0 Å². The molecule has 0 atom stereocenters. The smallest absolute Gasteiger partial charge is 0.153 e. The fourth-order valence-electron chi connectivity index (χ4n) is 1.88.